The first-order valence-electron chi connectivity index (χ1n) is 11.4. The maximum Gasteiger partial charge on any atom is 0.156 e. The lowest BCUT2D eigenvalue weighted by Crippen LogP contribution is -2.58. The summed E-state index contributed by atoms with van der Waals surface area (Å²) in [7, 11) is 0. The number of fused-ring (bicyclic) bond motifs is 1. The number of nitrogens with zero attached hydrogens (tertiary/aromatic N) is 3. The quantitative estimate of drug-likeness (QED) is 0.422. The number of phenols is 1. The van der Waals surface area contributed by atoms with E-state index in [9.17, 15) is 9.50 Å². The molecule has 6 nitrogen and oxygen atoms in total. The summed E-state index contributed by atoms with van der Waals surface area (Å²) in [6.07, 6.45) is 0.960. The Balaban J connectivity index is 1.62. The fourth-order valence-electron chi connectivity index (χ4n) is 5.11. The number of nitrogens with one attached hydrogen (secondary N) is 2. The van der Waals surface area contributed by atoms with Crippen LogP contribution in [0.4, 0.5) is 4.39 Å². The first kappa shape index (κ1) is 21.6. The van der Waals surface area contributed by atoms with Crippen LogP contribution in [0.2, 0.25) is 0 Å². The van der Waals surface area contributed by atoms with Gasteiger partial charge >= 0.3 is 0 Å². The highest BCUT2D eigenvalue weighted by atomic mass is 19.1. The van der Waals surface area contributed by atoms with E-state index >= 15 is 0 Å². The largest absolute Gasteiger partial charge is 0.508 e. The summed E-state index contributed by atoms with van der Waals surface area (Å²) >= 11 is 0. The van der Waals surface area contributed by atoms with E-state index in [0.717, 1.165) is 48.8 Å². The topological polar surface area (TPSA) is 77.1 Å². The number of hydrogen-bond donors (Lipinski definition) is 3. The van der Waals surface area contributed by atoms with Crippen molar-refractivity contribution in [1.29, 1.82) is 0 Å². The van der Waals surface area contributed by atoms with Crippen LogP contribution >= 0.6 is 0 Å². The van der Waals surface area contributed by atoms with Crippen LogP contribution in [0.5, 0.6) is 5.75 Å². The molecule has 0 radical (unpaired) electrons. The molecule has 1 aliphatic heterocycles. The number of aromatic nitrogens is 3. The second-order valence-corrected chi connectivity index (χ2v) is 8.71. The van der Waals surface area contributed by atoms with Gasteiger partial charge in [0.05, 0.1) is 16.9 Å². The van der Waals surface area contributed by atoms with E-state index in [1.807, 2.05) is 19.1 Å². The van der Waals surface area contributed by atoms with Crippen molar-refractivity contribution >= 4 is 11.0 Å². The number of pyridine rings is 1. The van der Waals surface area contributed by atoms with Gasteiger partial charge in [-0.3, -0.25) is 10.00 Å². The zero-order valence-corrected chi connectivity index (χ0v) is 18.9. The molecular formula is C26H28FN5O. The van der Waals surface area contributed by atoms with Crippen LogP contribution in [0.25, 0.3) is 22.3 Å². The van der Waals surface area contributed by atoms with Crippen LogP contribution in [-0.2, 0) is 12.1 Å². The third kappa shape index (κ3) is 3.77. The SMILES string of the molecule is CCC1(c2ccccc2)CNCCN1Cc1cc(-c2ccc(O)cc2F)nc2[nH]nc(C)c12. The molecule has 1 saturated heterocycles. The van der Waals surface area contributed by atoms with Gasteiger partial charge in [-0.05, 0) is 42.7 Å². The molecule has 2 aromatic heterocycles. The molecule has 3 heterocycles. The lowest BCUT2D eigenvalue weighted by atomic mass is 9.83. The number of aromatic amines is 1. The maximum absolute atomic E-state index is 14.7. The number of aromatic hydroxyl groups is 1. The third-order valence-electron chi connectivity index (χ3n) is 6.86. The minimum absolute atomic E-state index is 0.105. The van der Waals surface area contributed by atoms with Gasteiger partial charge in [-0.15, -0.1) is 0 Å². The van der Waals surface area contributed by atoms with Gasteiger partial charge in [-0.25, -0.2) is 9.37 Å². The van der Waals surface area contributed by atoms with E-state index < -0.39 is 5.82 Å². The Morgan fingerprint density at radius 3 is 2.73 bits per heavy atom. The first-order valence-corrected chi connectivity index (χ1v) is 11.4. The zero-order chi connectivity index (χ0) is 23.0. The van der Waals surface area contributed by atoms with Gasteiger partial charge in [0.1, 0.15) is 11.6 Å². The van der Waals surface area contributed by atoms with Crippen molar-refractivity contribution < 1.29 is 9.50 Å². The van der Waals surface area contributed by atoms with Crippen LogP contribution < -0.4 is 5.32 Å². The van der Waals surface area contributed by atoms with Crippen molar-refractivity contribution in [2.45, 2.75) is 32.4 Å². The second kappa shape index (κ2) is 8.57. The van der Waals surface area contributed by atoms with Crippen molar-refractivity contribution in [3.05, 3.63) is 77.2 Å². The van der Waals surface area contributed by atoms with Crippen molar-refractivity contribution in [3.63, 3.8) is 0 Å². The van der Waals surface area contributed by atoms with Crippen LogP contribution in [0.15, 0.2) is 54.6 Å². The van der Waals surface area contributed by atoms with Gasteiger partial charge in [-0.2, -0.15) is 5.10 Å². The summed E-state index contributed by atoms with van der Waals surface area (Å²) in [6, 6.07) is 16.8. The maximum atomic E-state index is 14.7. The van der Waals surface area contributed by atoms with Crippen molar-refractivity contribution in [2.24, 2.45) is 0 Å². The number of hydrogen-bond acceptors (Lipinski definition) is 5. The predicted molar refractivity (Wildman–Crippen MR) is 127 cm³/mol. The van der Waals surface area contributed by atoms with E-state index in [1.165, 1.54) is 11.6 Å². The molecule has 0 spiro atoms. The Morgan fingerprint density at radius 2 is 1.97 bits per heavy atom. The molecular weight excluding hydrogens is 417 g/mol. The van der Waals surface area contributed by atoms with Gasteiger partial charge in [0.2, 0.25) is 0 Å². The molecule has 33 heavy (non-hydrogen) atoms. The molecule has 3 N–H and O–H groups in total. The number of H-pyrrole nitrogens is 1. The summed E-state index contributed by atoms with van der Waals surface area (Å²) in [5.41, 5.74) is 4.61. The van der Waals surface area contributed by atoms with Crippen molar-refractivity contribution in [1.82, 2.24) is 25.4 Å². The fraction of sp³-hybridized carbons (Fsp3) is 0.308. The average molecular weight is 446 g/mol. The Kier molecular flexibility index (Phi) is 5.60. The van der Waals surface area contributed by atoms with E-state index in [2.05, 4.69) is 56.6 Å². The molecule has 7 heteroatoms. The Labute approximate surface area is 192 Å². The Hall–Kier alpha value is -3.29. The number of benzene rings is 2. The van der Waals surface area contributed by atoms with Gasteiger partial charge in [-0.1, -0.05) is 37.3 Å². The number of halogens is 1. The summed E-state index contributed by atoms with van der Waals surface area (Å²) in [5.74, 6) is -0.607. The third-order valence-corrected chi connectivity index (χ3v) is 6.86. The molecule has 1 unspecified atom stereocenters. The van der Waals surface area contributed by atoms with Gasteiger partial charge in [0.25, 0.3) is 0 Å². The van der Waals surface area contributed by atoms with Crippen molar-refractivity contribution in [2.75, 3.05) is 19.6 Å². The fourth-order valence-corrected chi connectivity index (χ4v) is 5.11. The molecule has 1 aliphatic rings. The van der Waals surface area contributed by atoms with E-state index in [0.29, 0.717) is 23.4 Å². The molecule has 0 saturated carbocycles. The van der Waals surface area contributed by atoms with Crippen LogP contribution in [0, 0.1) is 12.7 Å². The lowest BCUT2D eigenvalue weighted by molar-refractivity contribution is 0.0457. The number of aryl methyl sites for hydroxylation is 1. The highest BCUT2D eigenvalue weighted by Crippen LogP contribution is 2.36. The molecule has 1 atom stereocenters. The Morgan fingerprint density at radius 1 is 1.15 bits per heavy atom. The minimum atomic E-state index is -0.501. The second-order valence-electron chi connectivity index (χ2n) is 8.71. The minimum Gasteiger partial charge on any atom is -0.508 e. The normalized spacial score (nSPS) is 19.2. The first-order chi connectivity index (χ1) is 16.0. The molecule has 170 valence electrons. The lowest BCUT2D eigenvalue weighted by Gasteiger charge is -2.48. The van der Waals surface area contributed by atoms with E-state index in [4.69, 9.17) is 0 Å². The summed E-state index contributed by atoms with van der Waals surface area (Å²) in [6.45, 7) is 7.56. The Bertz CT molecular complexity index is 1290. The average Bonchev–Trinajstić information content (AvgIpc) is 3.21. The van der Waals surface area contributed by atoms with Gasteiger partial charge in [0.15, 0.2) is 5.65 Å². The van der Waals surface area contributed by atoms with E-state index in [-0.39, 0.29) is 11.3 Å². The monoisotopic (exact) mass is 445 g/mol. The predicted octanol–water partition coefficient (Wildman–Crippen LogP) is 4.49. The summed E-state index contributed by atoms with van der Waals surface area (Å²) in [4.78, 5) is 7.18. The molecule has 0 aliphatic carbocycles. The highest BCUT2D eigenvalue weighted by molar-refractivity contribution is 5.84. The molecule has 0 bridgehead atoms. The van der Waals surface area contributed by atoms with Gasteiger partial charge < -0.3 is 10.4 Å². The molecule has 5 rings (SSSR count). The summed E-state index contributed by atoms with van der Waals surface area (Å²) in [5, 5.41) is 21.6. The summed E-state index contributed by atoms with van der Waals surface area (Å²) < 4.78 is 14.7. The number of phenolic OH excluding ortho intramolecular Hbond substituents is 1. The molecule has 1 fully saturated rings. The zero-order valence-electron chi connectivity index (χ0n) is 18.9. The van der Waals surface area contributed by atoms with Crippen LogP contribution in [-0.4, -0.2) is 44.8 Å². The molecule has 0 amide bonds. The molecule has 2 aromatic carbocycles. The van der Waals surface area contributed by atoms with Gasteiger partial charge in [0, 0.05) is 43.2 Å². The van der Waals surface area contributed by atoms with Crippen LogP contribution in [0.1, 0.15) is 30.2 Å². The number of piperazine rings is 1. The standard InChI is InChI=1S/C26H28FN5O/c1-3-26(19-7-5-4-6-8-19)16-28-11-12-32(26)15-18-13-23(21-10-9-20(33)14-22(21)27)29-25-24(18)17(2)30-31-25/h4-10,13-14,28,33H,3,11-12,15-16H2,1-2H3,(H,29,30,31). The van der Waals surface area contributed by atoms with Crippen LogP contribution in [0.3, 0.4) is 0 Å². The molecule has 4 aromatic rings. The van der Waals surface area contributed by atoms with Crippen molar-refractivity contribution in [3.8, 4) is 17.0 Å². The van der Waals surface area contributed by atoms with E-state index in [1.54, 1.807) is 6.07 Å². The highest BCUT2D eigenvalue weighted by Gasteiger charge is 2.39. The smallest absolute Gasteiger partial charge is 0.156 e. The number of rotatable bonds is 5.